The molecule has 11 nitrogen and oxygen atoms in total. The number of amides is 3. The summed E-state index contributed by atoms with van der Waals surface area (Å²) in [5, 5.41) is 13.9. The zero-order valence-corrected chi connectivity index (χ0v) is 27.6. The SMILES string of the molecule is COc1ccc(N2C/C=C\CCC(=O)OC[C@H](c3ccccc3)NC(=O)[C@@H]3[C@H]4C(=O)N([C@H](CO)c5ccccc5)[C@H](C2=O)[C@]42C=C[C@H]3O2)cc1. The highest BCUT2D eigenvalue weighted by atomic mass is 16.5. The maximum absolute atomic E-state index is 15.2. The Morgan fingerprint density at radius 1 is 0.940 bits per heavy atom. The van der Waals surface area contributed by atoms with Crippen molar-refractivity contribution in [1.29, 1.82) is 0 Å². The van der Waals surface area contributed by atoms with E-state index in [0.717, 1.165) is 5.56 Å². The second-order valence-electron chi connectivity index (χ2n) is 12.9. The van der Waals surface area contributed by atoms with Crippen molar-refractivity contribution in [2.24, 2.45) is 11.8 Å². The molecule has 2 N–H and O–H groups in total. The molecule has 0 radical (unpaired) electrons. The van der Waals surface area contributed by atoms with Gasteiger partial charge in [0.15, 0.2) is 0 Å². The Hall–Kier alpha value is -5.26. The first kappa shape index (κ1) is 33.2. The van der Waals surface area contributed by atoms with Gasteiger partial charge in [0.2, 0.25) is 11.8 Å². The molecule has 11 heteroatoms. The first-order chi connectivity index (χ1) is 24.4. The van der Waals surface area contributed by atoms with Gasteiger partial charge in [0.25, 0.3) is 5.91 Å². The van der Waals surface area contributed by atoms with Gasteiger partial charge in [-0.2, -0.15) is 0 Å². The van der Waals surface area contributed by atoms with Gasteiger partial charge in [-0.1, -0.05) is 85.0 Å². The molecule has 7 atom stereocenters. The number of allylic oxidation sites excluding steroid dienone is 1. The number of nitrogens with zero attached hydrogens (tertiary/aromatic N) is 2. The van der Waals surface area contributed by atoms with Crippen LogP contribution in [-0.2, 0) is 28.7 Å². The van der Waals surface area contributed by atoms with Crippen molar-refractivity contribution < 1.29 is 38.5 Å². The van der Waals surface area contributed by atoms with Crippen LogP contribution in [0.1, 0.15) is 36.1 Å². The summed E-state index contributed by atoms with van der Waals surface area (Å²) in [7, 11) is 1.55. The van der Waals surface area contributed by atoms with E-state index in [2.05, 4.69) is 5.32 Å². The number of esters is 1. The van der Waals surface area contributed by atoms with Crippen molar-refractivity contribution in [1.82, 2.24) is 10.2 Å². The molecule has 0 aliphatic carbocycles. The topological polar surface area (TPSA) is 135 Å². The van der Waals surface area contributed by atoms with E-state index < -0.39 is 72.0 Å². The average molecular weight is 678 g/mol. The Bertz CT molecular complexity index is 1800. The highest BCUT2D eigenvalue weighted by molar-refractivity contribution is 6.05. The van der Waals surface area contributed by atoms with E-state index in [-0.39, 0.29) is 19.6 Å². The number of aliphatic hydroxyl groups is 1. The summed E-state index contributed by atoms with van der Waals surface area (Å²) in [6, 6.07) is 22.4. The molecule has 0 aromatic heterocycles. The van der Waals surface area contributed by atoms with Gasteiger partial charge >= 0.3 is 5.97 Å². The number of anilines is 1. The first-order valence-corrected chi connectivity index (χ1v) is 16.8. The van der Waals surface area contributed by atoms with Crippen LogP contribution in [0.2, 0.25) is 0 Å². The number of ether oxygens (including phenoxy) is 3. The van der Waals surface area contributed by atoms with Gasteiger partial charge in [-0.15, -0.1) is 0 Å². The van der Waals surface area contributed by atoms with Gasteiger partial charge in [-0.3, -0.25) is 19.2 Å². The lowest BCUT2D eigenvalue weighted by Crippen LogP contribution is -2.57. The van der Waals surface area contributed by atoms with Crippen LogP contribution in [0.3, 0.4) is 0 Å². The predicted octanol–water partition coefficient (Wildman–Crippen LogP) is 3.66. The van der Waals surface area contributed by atoms with Crippen molar-refractivity contribution in [3.63, 3.8) is 0 Å². The van der Waals surface area contributed by atoms with E-state index >= 15 is 4.79 Å². The van der Waals surface area contributed by atoms with E-state index in [1.807, 2.05) is 54.6 Å². The molecular weight excluding hydrogens is 638 g/mol. The van der Waals surface area contributed by atoms with Crippen LogP contribution in [0, 0.1) is 11.8 Å². The minimum atomic E-state index is -1.49. The zero-order chi connectivity index (χ0) is 34.8. The third-order valence-electron chi connectivity index (χ3n) is 10.1. The van der Waals surface area contributed by atoms with Crippen molar-refractivity contribution in [2.45, 2.75) is 42.7 Å². The fraction of sp³-hybridized carbons (Fsp3) is 0.333. The molecule has 3 aromatic rings. The highest BCUT2D eigenvalue weighted by Gasteiger charge is 2.74. The summed E-state index contributed by atoms with van der Waals surface area (Å²) >= 11 is 0. The summed E-state index contributed by atoms with van der Waals surface area (Å²) in [4.78, 5) is 60.1. The fourth-order valence-electron chi connectivity index (χ4n) is 7.71. The summed E-state index contributed by atoms with van der Waals surface area (Å²) in [5.41, 5.74) is 0.427. The van der Waals surface area contributed by atoms with Gasteiger partial charge < -0.3 is 34.4 Å². The Kier molecular flexibility index (Phi) is 9.26. The minimum Gasteiger partial charge on any atom is -0.497 e. The molecule has 2 saturated heterocycles. The quantitative estimate of drug-likeness (QED) is 0.298. The molecule has 3 aromatic carbocycles. The van der Waals surface area contributed by atoms with E-state index in [9.17, 15) is 19.5 Å². The largest absolute Gasteiger partial charge is 0.497 e. The molecule has 2 fully saturated rings. The van der Waals surface area contributed by atoms with Crippen molar-refractivity contribution in [3.05, 3.63) is 120 Å². The van der Waals surface area contributed by atoms with Crippen molar-refractivity contribution in [3.8, 4) is 5.75 Å². The predicted molar refractivity (Wildman–Crippen MR) is 183 cm³/mol. The third-order valence-corrected chi connectivity index (χ3v) is 10.1. The van der Waals surface area contributed by atoms with Crippen LogP contribution in [0.15, 0.2) is 109 Å². The highest BCUT2D eigenvalue weighted by Crippen LogP contribution is 2.57. The van der Waals surface area contributed by atoms with E-state index in [1.165, 1.54) is 4.90 Å². The maximum Gasteiger partial charge on any atom is 0.306 e. The molecule has 0 saturated carbocycles. The second-order valence-corrected chi connectivity index (χ2v) is 12.9. The van der Waals surface area contributed by atoms with E-state index in [0.29, 0.717) is 23.4 Å². The third kappa shape index (κ3) is 5.86. The Morgan fingerprint density at radius 3 is 2.36 bits per heavy atom. The van der Waals surface area contributed by atoms with Crippen LogP contribution >= 0.6 is 0 Å². The van der Waals surface area contributed by atoms with Crippen molar-refractivity contribution >= 4 is 29.4 Å². The number of aliphatic hydroxyl groups excluding tert-OH is 1. The van der Waals surface area contributed by atoms with Crippen molar-refractivity contribution in [2.75, 3.05) is 31.8 Å². The molecule has 258 valence electrons. The van der Waals surface area contributed by atoms with Crippen LogP contribution in [0.4, 0.5) is 5.69 Å². The van der Waals surface area contributed by atoms with E-state index in [4.69, 9.17) is 14.2 Å². The number of nitrogens with one attached hydrogen (secondary N) is 1. The molecule has 5 bridgehead atoms. The molecule has 7 rings (SSSR count). The number of hydrogen-bond acceptors (Lipinski definition) is 8. The van der Waals surface area contributed by atoms with Crippen LogP contribution in [0.5, 0.6) is 5.75 Å². The second kappa shape index (κ2) is 13.9. The number of likely N-dealkylation sites (tertiary alicyclic amines) is 1. The number of hydrogen-bond donors (Lipinski definition) is 2. The normalized spacial score (nSPS) is 29.4. The molecule has 4 heterocycles. The van der Waals surface area contributed by atoms with Crippen LogP contribution in [-0.4, -0.2) is 78.3 Å². The number of rotatable bonds is 6. The van der Waals surface area contributed by atoms with Gasteiger partial charge in [0, 0.05) is 18.7 Å². The number of fused-ring (bicyclic) bond motifs is 2. The number of carbonyl (C=O) groups is 4. The Balaban J connectivity index is 1.35. The molecule has 4 aliphatic heterocycles. The smallest absolute Gasteiger partial charge is 0.306 e. The molecule has 3 amide bonds. The monoisotopic (exact) mass is 677 g/mol. The summed E-state index contributed by atoms with van der Waals surface area (Å²) in [5.74, 6) is -3.25. The van der Waals surface area contributed by atoms with E-state index in [1.54, 1.807) is 66.6 Å². The molecule has 1 spiro atoms. The minimum absolute atomic E-state index is 0.102. The number of cyclic esters (lactones) is 1. The Morgan fingerprint density at radius 2 is 1.66 bits per heavy atom. The molecular formula is C39H39N3O8. The standard InChI is InChI=1S/C39H39N3O8/c1-48-28-18-16-27(17-19-28)41-22-10-4-9-15-32(44)49-24-29(25-11-5-2-6-12-25)40-36(45)33-31-20-21-39(50-31)34(33)37(46)42(35(39)38(41)47)30(23-43)26-13-7-3-8-14-26/h2-8,10-14,16-21,29-31,33-35,43H,9,15,22-24H2,1H3,(H,40,45)/b10-4-/t29-,30-,31-,33+,34+,35-,39+/m1/s1. The summed E-state index contributed by atoms with van der Waals surface area (Å²) in [6.45, 7) is -0.451. The maximum atomic E-state index is 15.2. The number of methoxy groups -OCH3 is 1. The average Bonchev–Trinajstić information content (AvgIpc) is 3.79. The summed E-state index contributed by atoms with van der Waals surface area (Å²) in [6.07, 6.45) is 6.80. The number of carbonyl (C=O) groups excluding carboxylic acids is 4. The lowest BCUT2D eigenvalue weighted by molar-refractivity contribution is -0.146. The van der Waals surface area contributed by atoms with Crippen LogP contribution < -0.4 is 15.0 Å². The number of benzene rings is 3. The zero-order valence-electron chi connectivity index (χ0n) is 27.6. The summed E-state index contributed by atoms with van der Waals surface area (Å²) < 4.78 is 17.6. The fourth-order valence-corrected chi connectivity index (χ4v) is 7.71. The molecule has 0 unspecified atom stereocenters. The van der Waals surface area contributed by atoms with Gasteiger partial charge in [-0.25, -0.2) is 0 Å². The Labute approximate surface area is 290 Å². The molecule has 4 aliphatic rings. The molecule has 50 heavy (non-hydrogen) atoms. The van der Waals surface area contributed by atoms with Gasteiger partial charge in [0.05, 0.1) is 43.7 Å². The van der Waals surface area contributed by atoms with Gasteiger partial charge in [-0.05, 0) is 41.8 Å². The van der Waals surface area contributed by atoms with Gasteiger partial charge in [0.1, 0.15) is 24.0 Å². The lowest BCUT2D eigenvalue weighted by atomic mass is 9.74. The first-order valence-electron chi connectivity index (χ1n) is 16.8. The van der Waals surface area contributed by atoms with Crippen LogP contribution in [0.25, 0.3) is 0 Å². The lowest BCUT2D eigenvalue weighted by Gasteiger charge is -2.39.